The summed E-state index contributed by atoms with van der Waals surface area (Å²) in [5.41, 5.74) is 0. The van der Waals surface area contributed by atoms with Gasteiger partial charge in [-0.2, -0.15) is 0 Å². The molecule has 0 bridgehead atoms. The summed E-state index contributed by atoms with van der Waals surface area (Å²) in [6.07, 6.45) is 2.28. The van der Waals surface area contributed by atoms with Crippen molar-refractivity contribution >= 4 is 6.09 Å². The molecule has 0 unspecified atom stereocenters. The second-order valence-electron chi connectivity index (χ2n) is 2.68. The van der Waals surface area contributed by atoms with E-state index in [0.717, 1.165) is 18.9 Å². The molecule has 0 aromatic heterocycles. The molecule has 4 nitrogen and oxygen atoms in total. The van der Waals surface area contributed by atoms with Gasteiger partial charge in [-0.15, -0.1) is 0 Å². The average molecular weight is 205 g/mol. The van der Waals surface area contributed by atoms with Crippen molar-refractivity contribution in [2.24, 2.45) is 0 Å². The predicted molar refractivity (Wildman–Crippen MR) is 50.5 cm³/mol. The van der Waals surface area contributed by atoms with Crippen molar-refractivity contribution in [2.75, 3.05) is 19.8 Å². The Labute approximate surface area is 82.8 Å². The lowest BCUT2D eigenvalue weighted by Gasteiger charge is -2.03. The third-order valence-corrected chi connectivity index (χ3v) is 1.45. The predicted octanol–water partition coefficient (Wildman–Crippen LogP) is 1.36. The topological polar surface area (TPSA) is 58.6 Å². The van der Waals surface area contributed by atoms with Crippen LogP contribution in [0.25, 0.3) is 0 Å². The van der Waals surface area contributed by atoms with Crippen LogP contribution >= 0.6 is 0 Å². The summed E-state index contributed by atoms with van der Waals surface area (Å²) >= 11 is 0. The first-order valence-corrected chi connectivity index (χ1v) is 4.56. The highest BCUT2D eigenvalue weighted by atomic mass is 19.1. The Balaban J connectivity index is 3.44. The summed E-state index contributed by atoms with van der Waals surface area (Å²) in [5.74, 6) is -0.668. The minimum Gasteiger partial charge on any atom is -0.450 e. The second kappa shape index (κ2) is 8.50. The summed E-state index contributed by atoms with van der Waals surface area (Å²) in [4.78, 5) is 10.8. The molecular weight excluding hydrogens is 189 g/mol. The second-order valence-corrected chi connectivity index (χ2v) is 2.68. The van der Waals surface area contributed by atoms with E-state index >= 15 is 0 Å². The van der Waals surface area contributed by atoms with E-state index in [4.69, 9.17) is 9.84 Å². The first kappa shape index (κ1) is 12.9. The van der Waals surface area contributed by atoms with Gasteiger partial charge in [-0.1, -0.05) is 13.3 Å². The van der Waals surface area contributed by atoms with Crippen molar-refractivity contribution in [1.29, 1.82) is 0 Å². The first-order valence-electron chi connectivity index (χ1n) is 4.56. The van der Waals surface area contributed by atoms with E-state index in [0.29, 0.717) is 6.61 Å². The summed E-state index contributed by atoms with van der Waals surface area (Å²) < 4.78 is 17.0. The Bertz CT molecular complexity index is 194. The number of rotatable bonds is 6. The van der Waals surface area contributed by atoms with Gasteiger partial charge in [0, 0.05) is 6.54 Å². The quantitative estimate of drug-likeness (QED) is 0.644. The molecule has 0 rings (SSSR count). The fraction of sp³-hybridized carbons (Fsp3) is 0.667. The molecule has 0 radical (unpaired) electrons. The van der Waals surface area contributed by atoms with Gasteiger partial charge in [0.2, 0.25) is 0 Å². The normalized spacial score (nSPS) is 11.2. The first-order chi connectivity index (χ1) is 6.70. The van der Waals surface area contributed by atoms with E-state index in [-0.39, 0.29) is 6.54 Å². The smallest absolute Gasteiger partial charge is 0.407 e. The highest BCUT2D eigenvalue weighted by Gasteiger charge is 1.98. The minimum absolute atomic E-state index is 0.0252. The van der Waals surface area contributed by atoms with E-state index in [1.807, 2.05) is 6.92 Å². The van der Waals surface area contributed by atoms with Gasteiger partial charge in [0.1, 0.15) is 5.83 Å². The highest BCUT2D eigenvalue weighted by Crippen LogP contribution is 1.92. The van der Waals surface area contributed by atoms with Gasteiger partial charge in [-0.05, 0) is 12.5 Å². The molecule has 0 aliphatic carbocycles. The number of halogens is 1. The SMILES string of the molecule is CCCCOC(=O)NCC=C(F)CO. The van der Waals surface area contributed by atoms with Gasteiger partial charge in [-0.3, -0.25) is 0 Å². The van der Waals surface area contributed by atoms with Crippen LogP contribution in [0.4, 0.5) is 9.18 Å². The molecule has 1 amide bonds. The maximum atomic E-state index is 12.3. The van der Waals surface area contributed by atoms with E-state index in [1.165, 1.54) is 0 Å². The number of ether oxygens (including phenoxy) is 1. The van der Waals surface area contributed by atoms with Crippen molar-refractivity contribution in [3.63, 3.8) is 0 Å². The Morgan fingerprint density at radius 3 is 2.93 bits per heavy atom. The number of hydrogen-bond acceptors (Lipinski definition) is 3. The van der Waals surface area contributed by atoms with Crippen molar-refractivity contribution in [3.05, 3.63) is 11.9 Å². The van der Waals surface area contributed by atoms with Gasteiger partial charge in [0.15, 0.2) is 0 Å². The van der Waals surface area contributed by atoms with E-state index in [9.17, 15) is 9.18 Å². The number of hydrogen-bond donors (Lipinski definition) is 2. The molecule has 0 fully saturated rings. The summed E-state index contributed by atoms with van der Waals surface area (Å²) in [6, 6.07) is 0. The molecule has 0 aliphatic rings. The van der Waals surface area contributed by atoms with Crippen LogP contribution in [0.15, 0.2) is 11.9 Å². The Hall–Kier alpha value is -1.10. The van der Waals surface area contributed by atoms with Crippen molar-refractivity contribution in [3.8, 4) is 0 Å². The minimum atomic E-state index is -0.668. The van der Waals surface area contributed by atoms with Crippen molar-refractivity contribution in [1.82, 2.24) is 5.32 Å². The molecule has 0 heterocycles. The summed E-state index contributed by atoms with van der Waals surface area (Å²) in [5, 5.41) is 10.6. The molecule has 0 aromatic rings. The molecule has 0 saturated carbocycles. The molecule has 82 valence electrons. The molecule has 0 aliphatic heterocycles. The van der Waals surface area contributed by atoms with E-state index < -0.39 is 18.5 Å². The number of amides is 1. The molecule has 5 heteroatoms. The van der Waals surface area contributed by atoms with Crippen molar-refractivity contribution < 1.29 is 19.0 Å². The Kier molecular flexibility index (Phi) is 7.83. The Morgan fingerprint density at radius 1 is 1.64 bits per heavy atom. The largest absolute Gasteiger partial charge is 0.450 e. The zero-order valence-corrected chi connectivity index (χ0v) is 8.25. The molecule has 2 N–H and O–H groups in total. The number of aliphatic hydroxyl groups is 1. The van der Waals surface area contributed by atoms with Crippen molar-refractivity contribution in [2.45, 2.75) is 19.8 Å². The van der Waals surface area contributed by atoms with Crippen LogP contribution in [0.3, 0.4) is 0 Å². The molecular formula is C9H16FNO3. The maximum Gasteiger partial charge on any atom is 0.407 e. The summed E-state index contributed by atoms with van der Waals surface area (Å²) in [7, 11) is 0. The third kappa shape index (κ3) is 7.54. The fourth-order valence-electron chi connectivity index (χ4n) is 0.670. The zero-order chi connectivity index (χ0) is 10.8. The Morgan fingerprint density at radius 2 is 2.36 bits per heavy atom. The van der Waals surface area contributed by atoms with Crippen LogP contribution in [-0.2, 0) is 4.74 Å². The molecule has 0 atom stereocenters. The third-order valence-electron chi connectivity index (χ3n) is 1.45. The molecule has 0 aromatic carbocycles. The lowest BCUT2D eigenvalue weighted by molar-refractivity contribution is 0.145. The molecule has 0 saturated heterocycles. The van der Waals surface area contributed by atoms with Crippen LogP contribution in [0.5, 0.6) is 0 Å². The van der Waals surface area contributed by atoms with Gasteiger partial charge >= 0.3 is 6.09 Å². The number of carbonyl (C=O) groups excluding carboxylic acids is 1. The number of unbranched alkanes of at least 4 members (excludes halogenated alkanes) is 1. The zero-order valence-electron chi connectivity index (χ0n) is 8.25. The standard InChI is InChI=1S/C9H16FNO3/c1-2-3-6-14-9(13)11-5-4-8(10)7-12/h4,12H,2-3,5-7H2,1H3,(H,11,13). The molecule has 0 spiro atoms. The van der Waals surface area contributed by atoms with Crippen LogP contribution in [-0.4, -0.2) is 31.0 Å². The van der Waals surface area contributed by atoms with Crippen LogP contribution in [0.2, 0.25) is 0 Å². The van der Waals surface area contributed by atoms with E-state index in [2.05, 4.69) is 5.32 Å². The lowest BCUT2D eigenvalue weighted by atomic mass is 10.4. The lowest BCUT2D eigenvalue weighted by Crippen LogP contribution is -2.24. The fourth-order valence-corrected chi connectivity index (χ4v) is 0.670. The van der Waals surface area contributed by atoms with Crippen LogP contribution in [0, 0.1) is 0 Å². The highest BCUT2D eigenvalue weighted by molar-refractivity contribution is 5.67. The number of alkyl carbamates (subject to hydrolysis) is 1. The van der Waals surface area contributed by atoms with Gasteiger partial charge in [-0.25, -0.2) is 9.18 Å². The number of carbonyl (C=O) groups is 1. The molecule has 14 heavy (non-hydrogen) atoms. The maximum absolute atomic E-state index is 12.3. The van der Waals surface area contributed by atoms with Crippen LogP contribution in [0.1, 0.15) is 19.8 Å². The monoisotopic (exact) mass is 205 g/mol. The van der Waals surface area contributed by atoms with Gasteiger partial charge < -0.3 is 15.2 Å². The van der Waals surface area contributed by atoms with Gasteiger partial charge in [0.25, 0.3) is 0 Å². The average Bonchev–Trinajstić information content (AvgIpc) is 2.18. The van der Waals surface area contributed by atoms with E-state index in [1.54, 1.807) is 0 Å². The number of aliphatic hydroxyl groups excluding tert-OH is 1. The van der Waals surface area contributed by atoms with Gasteiger partial charge in [0.05, 0.1) is 13.2 Å². The van der Waals surface area contributed by atoms with Crippen LogP contribution < -0.4 is 5.32 Å². The number of nitrogens with one attached hydrogen (secondary N) is 1. The summed E-state index contributed by atoms with van der Waals surface area (Å²) in [6.45, 7) is 1.74.